The lowest BCUT2D eigenvalue weighted by atomic mass is 10.9. The first-order chi connectivity index (χ1) is 9.66. The van der Waals surface area contributed by atoms with Crippen LogP contribution in [0.5, 0.6) is 0 Å². The van der Waals surface area contributed by atoms with Crippen molar-refractivity contribution in [2.75, 3.05) is 0 Å². The lowest BCUT2D eigenvalue weighted by molar-refractivity contribution is -0.135. The van der Waals surface area contributed by atoms with Gasteiger partial charge in [0.1, 0.15) is 0 Å². The van der Waals surface area contributed by atoms with Crippen LogP contribution in [0.1, 0.15) is 48.5 Å². The standard InChI is InChI=1S/5C2H4O2.C2H6/c5*1-2(3)4;1-2/h5*1H3,(H,3,4);1-2H3. The number of carboxylic acid groups (broad SMARTS) is 5. The highest BCUT2D eigenvalue weighted by molar-refractivity contribution is 5.63. The van der Waals surface area contributed by atoms with Gasteiger partial charge in [-0.05, 0) is 0 Å². The summed E-state index contributed by atoms with van der Waals surface area (Å²) in [6.45, 7) is 9.42. The lowest BCUT2D eigenvalue weighted by Gasteiger charge is -1.59. The molecule has 22 heavy (non-hydrogen) atoms. The summed E-state index contributed by atoms with van der Waals surface area (Å²) >= 11 is 0. The van der Waals surface area contributed by atoms with E-state index in [1.165, 1.54) is 0 Å². The first-order valence-electron chi connectivity index (χ1n) is 5.64. The highest BCUT2D eigenvalue weighted by Crippen LogP contribution is 1.43. The maximum absolute atomic E-state index is 9.00. The van der Waals surface area contributed by atoms with Crippen LogP contribution < -0.4 is 0 Å². The molecule has 0 unspecified atom stereocenters. The Labute approximate surface area is 129 Å². The molecular weight excluding hydrogens is 304 g/mol. The second kappa shape index (κ2) is 36.2. The van der Waals surface area contributed by atoms with Gasteiger partial charge in [0.2, 0.25) is 0 Å². The molecule has 5 N–H and O–H groups in total. The highest BCUT2D eigenvalue weighted by atomic mass is 16.4. The molecule has 134 valence electrons. The molecule has 0 saturated heterocycles. The Kier molecular flexibility index (Phi) is 60.2. The van der Waals surface area contributed by atoms with Crippen LogP contribution >= 0.6 is 0 Å². The zero-order chi connectivity index (χ0) is 19.9. The minimum atomic E-state index is -0.833. The van der Waals surface area contributed by atoms with Crippen molar-refractivity contribution in [2.24, 2.45) is 0 Å². The Bertz CT molecular complexity index is 207. The lowest BCUT2D eigenvalue weighted by Crippen LogP contribution is -1.78. The second-order valence-electron chi connectivity index (χ2n) is 2.60. The molecule has 0 aliphatic heterocycles. The normalized spacial score (nSPS) is 5.95. The van der Waals surface area contributed by atoms with Gasteiger partial charge in [-0.3, -0.25) is 24.0 Å². The molecule has 10 heteroatoms. The highest BCUT2D eigenvalue weighted by Gasteiger charge is 1.66. The van der Waals surface area contributed by atoms with Gasteiger partial charge < -0.3 is 25.5 Å². The van der Waals surface area contributed by atoms with E-state index in [9.17, 15) is 0 Å². The molecule has 0 aliphatic carbocycles. The van der Waals surface area contributed by atoms with E-state index in [-0.39, 0.29) is 0 Å². The first kappa shape index (κ1) is 36.6. The maximum atomic E-state index is 9.00. The van der Waals surface area contributed by atoms with Crippen molar-refractivity contribution in [3.63, 3.8) is 0 Å². The molecule has 0 aliphatic rings. The van der Waals surface area contributed by atoms with Crippen LogP contribution in [0.4, 0.5) is 0 Å². The molecule has 10 nitrogen and oxygen atoms in total. The zero-order valence-corrected chi connectivity index (χ0v) is 13.8. The minimum Gasteiger partial charge on any atom is -0.481 e. The number of aliphatic carboxylic acids is 5. The summed E-state index contributed by atoms with van der Waals surface area (Å²) < 4.78 is 0. The molecule has 0 atom stereocenters. The molecular formula is C12H26O10. The smallest absolute Gasteiger partial charge is 0.300 e. The topological polar surface area (TPSA) is 186 Å². The van der Waals surface area contributed by atoms with E-state index in [0.29, 0.717) is 0 Å². The van der Waals surface area contributed by atoms with Gasteiger partial charge in [0.15, 0.2) is 0 Å². The minimum absolute atomic E-state index is 0.833. The summed E-state index contributed by atoms with van der Waals surface area (Å²) in [5.74, 6) is -4.17. The summed E-state index contributed by atoms with van der Waals surface area (Å²) in [4.78, 5) is 45.0. The van der Waals surface area contributed by atoms with Crippen LogP contribution in [-0.4, -0.2) is 55.4 Å². The predicted molar refractivity (Wildman–Crippen MR) is 77.9 cm³/mol. The van der Waals surface area contributed by atoms with Gasteiger partial charge in [0, 0.05) is 34.6 Å². The van der Waals surface area contributed by atoms with E-state index in [1.807, 2.05) is 13.8 Å². The van der Waals surface area contributed by atoms with Crippen LogP contribution in [0.2, 0.25) is 0 Å². The van der Waals surface area contributed by atoms with Crippen molar-refractivity contribution in [1.82, 2.24) is 0 Å². The van der Waals surface area contributed by atoms with Gasteiger partial charge in [-0.1, -0.05) is 13.8 Å². The van der Waals surface area contributed by atoms with Crippen molar-refractivity contribution in [3.8, 4) is 0 Å². The van der Waals surface area contributed by atoms with E-state index in [0.717, 1.165) is 34.6 Å². The maximum Gasteiger partial charge on any atom is 0.300 e. The average molecular weight is 330 g/mol. The van der Waals surface area contributed by atoms with Crippen molar-refractivity contribution in [3.05, 3.63) is 0 Å². The fourth-order valence-corrected chi connectivity index (χ4v) is 0. The molecule has 0 amide bonds. The van der Waals surface area contributed by atoms with Crippen LogP contribution in [0.15, 0.2) is 0 Å². The van der Waals surface area contributed by atoms with Crippen molar-refractivity contribution in [1.29, 1.82) is 0 Å². The predicted octanol–water partition coefficient (Wildman–Crippen LogP) is 1.48. The Morgan fingerprint density at radius 3 is 0.409 bits per heavy atom. The van der Waals surface area contributed by atoms with Crippen molar-refractivity contribution < 1.29 is 49.5 Å². The summed E-state index contributed by atoms with van der Waals surface area (Å²) in [5, 5.41) is 37.1. The SMILES string of the molecule is CC.CC(=O)O.CC(=O)O.CC(=O)O.CC(=O)O.CC(=O)O. The second-order valence-corrected chi connectivity index (χ2v) is 2.60. The van der Waals surface area contributed by atoms with E-state index in [1.54, 1.807) is 0 Å². The fourth-order valence-electron chi connectivity index (χ4n) is 0. The summed E-state index contributed by atoms with van der Waals surface area (Å²) in [6, 6.07) is 0. The molecule has 0 aromatic carbocycles. The van der Waals surface area contributed by atoms with Crippen molar-refractivity contribution in [2.45, 2.75) is 48.5 Å². The van der Waals surface area contributed by atoms with E-state index < -0.39 is 29.8 Å². The molecule has 0 radical (unpaired) electrons. The van der Waals surface area contributed by atoms with Gasteiger partial charge in [-0.15, -0.1) is 0 Å². The first-order valence-corrected chi connectivity index (χ1v) is 5.64. The van der Waals surface area contributed by atoms with Gasteiger partial charge in [-0.25, -0.2) is 0 Å². The average Bonchev–Trinajstić information content (AvgIpc) is 2.14. The quantitative estimate of drug-likeness (QED) is 0.435. The largest absolute Gasteiger partial charge is 0.481 e. The van der Waals surface area contributed by atoms with Gasteiger partial charge in [0.05, 0.1) is 0 Å². The summed E-state index contributed by atoms with van der Waals surface area (Å²) in [5.41, 5.74) is 0. The molecule has 0 fully saturated rings. The number of rotatable bonds is 0. The number of hydrogen-bond donors (Lipinski definition) is 5. The molecule has 0 saturated carbocycles. The monoisotopic (exact) mass is 330 g/mol. The molecule has 0 bridgehead atoms. The van der Waals surface area contributed by atoms with Gasteiger partial charge in [-0.2, -0.15) is 0 Å². The molecule has 0 heterocycles. The summed E-state index contributed by atoms with van der Waals surface area (Å²) in [6.07, 6.45) is 0. The van der Waals surface area contributed by atoms with Crippen LogP contribution in [0.3, 0.4) is 0 Å². The number of carboxylic acids is 5. The zero-order valence-electron chi connectivity index (χ0n) is 13.8. The summed E-state index contributed by atoms with van der Waals surface area (Å²) in [7, 11) is 0. The fraction of sp³-hybridized carbons (Fsp3) is 0.583. The third-order valence-electron chi connectivity index (χ3n) is 0. The molecule has 0 aromatic rings. The van der Waals surface area contributed by atoms with Crippen molar-refractivity contribution >= 4 is 29.8 Å². The molecule has 0 spiro atoms. The Hall–Kier alpha value is -2.65. The Morgan fingerprint density at radius 2 is 0.409 bits per heavy atom. The molecule has 0 aromatic heterocycles. The number of hydrogen-bond acceptors (Lipinski definition) is 5. The van der Waals surface area contributed by atoms with Crippen LogP contribution in [0, 0.1) is 0 Å². The van der Waals surface area contributed by atoms with Gasteiger partial charge in [0.25, 0.3) is 29.8 Å². The van der Waals surface area contributed by atoms with E-state index in [2.05, 4.69) is 0 Å². The van der Waals surface area contributed by atoms with Crippen LogP contribution in [0.25, 0.3) is 0 Å². The third-order valence-corrected chi connectivity index (χ3v) is 0. The Morgan fingerprint density at radius 1 is 0.409 bits per heavy atom. The van der Waals surface area contributed by atoms with Gasteiger partial charge >= 0.3 is 0 Å². The molecule has 0 rings (SSSR count). The van der Waals surface area contributed by atoms with Crippen LogP contribution in [-0.2, 0) is 24.0 Å². The number of carbonyl (C=O) groups is 5. The third kappa shape index (κ3) is 660. The van der Waals surface area contributed by atoms with E-state index in [4.69, 9.17) is 49.5 Å². The van der Waals surface area contributed by atoms with E-state index >= 15 is 0 Å². The Balaban J connectivity index is -0.0000000353.